The highest BCUT2D eigenvalue weighted by Crippen LogP contribution is 2.35. The molecule has 0 spiro atoms. The summed E-state index contributed by atoms with van der Waals surface area (Å²) >= 11 is 0.944. The van der Waals surface area contributed by atoms with Crippen molar-refractivity contribution in [3.05, 3.63) is 39.8 Å². The average molecular weight is 407 g/mol. The second-order valence-electron chi connectivity index (χ2n) is 5.49. The molecule has 28 heavy (non-hydrogen) atoms. The maximum absolute atomic E-state index is 12.8. The molecule has 1 aromatic carbocycles. The molecule has 150 valence electrons. The van der Waals surface area contributed by atoms with Crippen molar-refractivity contribution in [1.29, 1.82) is 0 Å². The largest absolute Gasteiger partial charge is 0.497 e. The minimum absolute atomic E-state index is 0.119. The maximum atomic E-state index is 12.8. The zero-order valence-electron chi connectivity index (χ0n) is 16.2. The van der Waals surface area contributed by atoms with Crippen LogP contribution < -0.4 is 14.8 Å². The molecule has 0 bridgehead atoms. The lowest BCUT2D eigenvalue weighted by Gasteiger charge is -2.11. The van der Waals surface area contributed by atoms with Crippen LogP contribution in [0.1, 0.15) is 42.9 Å². The van der Waals surface area contributed by atoms with Gasteiger partial charge in [-0.05, 0) is 31.5 Å². The van der Waals surface area contributed by atoms with Gasteiger partial charge in [0.25, 0.3) is 5.91 Å². The summed E-state index contributed by atoms with van der Waals surface area (Å²) in [7, 11) is 4.18. The minimum Gasteiger partial charge on any atom is -0.497 e. The third-order valence-electron chi connectivity index (χ3n) is 3.88. The SMILES string of the molecule is CCOC(=O)c1c(NC(=O)c2ccc(OC)cc2OC)sc(C(=O)OC)c1C. The van der Waals surface area contributed by atoms with Crippen molar-refractivity contribution in [2.75, 3.05) is 33.3 Å². The van der Waals surface area contributed by atoms with Crippen molar-refractivity contribution in [3.63, 3.8) is 0 Å². The lowest BCUT2D eigenvalue weighted by atomic mass is 10.1. The third kappa shape index (κ3) is 4.25. The first-order chi connectivity index (χ1) is 13.4. The highest BCUT2D eigenvalue weighted by atomic mass is 32.1. The van der Waals surface area contributed by atoms with E-state index in [2.05, 4.69) is 5.32 Å². The van der Waals surface area contributed by atoms with Crippen LogP contribution in [-0.4, -0.2) is 45.8 Å². The first-order valence-electron chi connectivity index (χ1n) is 8.30. The third-order valence-corrected chi connectivity index (χ3v) is 5.06. The van der Waals surface area contributed by atoms with E-state index in [1.165, 1.54) is 21.3 Å². The molecule has 2 aromatic rings. The standard InChI is InChI=1S/C19H21NO7S/c1-6-27-18(22)14-10(2)15(19(23)26-5)28-17(14)20-16(21)12-8-7-11(24-3)9-13(12)25-4/h7-9H,6H2,1-5H3,(H,20,21). The predicted molar refractivity (Wildman–Crippen MR) is 104 cm³/mol. The summed E-state index contributed by atoms with van der Waals surface area (Å²) in [5, 5.41) is 2.86. The summed E-state index contributed by atoms with van der Waals surface area (Å²) < 4.78 is 20.2. The number of nitrogens with one attached hydrogen (secondary N) is 1. The molecular weight excluding hydrogens is 386 g/mol. The van der Waals surface area contributed by atoms with Crippen LogP contribution in [0.3, 0.4) is 0 Å². The molecule has 0 fully saturated rings. The number of carbonyl (C=O) groups is 3. The van der Waals surface area contributed by atoms with Gasteiger partial charge in [-0.15, -0.1) is 11.3 Å². The number of anilines is 1. The number of methoxy groups -OCH3 is 3. The summed E-state index contributed by atoms with van der Waals surface area (Å²) in [5.74, 6) is -0.918. The first kappa shape index (κ1) is 21.2. The van der Waals surface area contributed by atoms with Gasteiger partial charge in [-0.3, -0.25) is 4.79 Å². The van der Waals surface area contributed by atoms with E-state index in [9.17, 15) is 14.4 Å². The topological polar surface area (TPSA) is 100 Å². The molecule has 0 radical (unpaired) electrons. The Morgan fingerprint density at radius 2 is 1.79 bits per heavy atom. The number of rotatable bonds is 7. The van der Waals surface area contributed by atoms with Crippen LogP contribution in [0.15, 0.2) is 18.2 Å². The van der Waals surface area contributed by atoms with Crippen LogP contribution in [0, 0.1) is 6.92 Å². The van der Waals surface area contributed by atoms with Crippen LogP contribution in [0.5, 0.6) is 11.5 Å². The Morgan fingerprint density at radius 3 is 2.36 bits per heavy atom. The molecule has 1 N–H and O–H groups in total. The Labute approximate surface area is 166 Å². The highest BCUT2D eigenvalue weighted by Gasteiger charge is 2.27. The number of thiophene rings is 1. The van der Waals surface area contributed by atoms with Crippen LogP contribution >= 0.6 is 11.3 Å². The Bertz CT molecular complexity index is 904. The Balaban J connectivity index is 2.46. The molecule has 2 rings (SSSR count). The molecule has 9 heteroatoms. The van der Waals surface area contributed by atoms with Crippen molar-refractivity contribution in [1.82, 2.24) is 0 Å². The fourth-order valence-corrected chi connectivity index (χ4v) is 3.60. The van der Waals surface area contributed by atoms with Crippen molar-refractivity contribution < 1.29 is 33.3 Å². The van der Waals surface area contributed by atoms with Gasteiger partial charge < -0.3 is 24.3 Å². The molecule has 8 nitrogen and oxygen atoms in total. The van der Waals surface area contributed by atoms with Gasteiger partial charge in [0.15, 0.2) is 0 Å². The maximum Gasteiger partial charge on any atom is 0.348 e. The van der Waals surface area contributed by atoms with Crippen molar-refractivity contribution in [3.8, 4) is 11.5 Å². The number of benzene rings is 1. The predicted octanol–water partition coefficient (Wildman–Crippen LogP) is 3.29. The van der Waals surface area contributed by atoms with Crippen molar-refractivity contribution >= 4 is 34.2 Å². The molecule has 1 heterocycles. The zero-order chi connectivity index (χ0) is 20.8. The van der Waals surface area contributed by atoms with Gasteiger partial charge in [0.2, 0.25) is 0 Å². The van der Waals surface area contributed by atoms with Crippen LogP contribution in [0.4, 0.5) is 5.00 Å². The number of hydrogen-bond acceptors (Lipinski definition) is 8. The van der Waals surface area contributed by atoms with Gasteiger partial charge >= 0.3 is 11.9 Å². The van der Waals surface area contributed by atoms with Gasteiger partial charge in [0.05, 0.1) is 39.1 Å². The fraction of sp³-hybridized carbons (Fsp3) is 0.316. The molecule has 0 unspecified atom stereocenters. The molecule has 1 aromatic heterocycles. The summed E-state index contributed by atoms with van der Waals surface area (Å²) in [5.41, 5.74) is 0.740. The average Bonchev–Trinajstić information content (AvgIpc) is 3.02. The molecule has 0 saturated carbocycles. The quantitative estimate of drug-likeness (QED) is 0.703. The number of ether oxygens (including phenoxy) is 4. The Kier molecular flexibility index (Phi) is 7.00. The van der Waals surface area contributed by atoms with Gasteiger partial charge in [-0.1, -0.05) is 0 Å². The smallest absolute Gasteiger partial charge is 0.348 e. The Morgan fingerprint density at radius 1 is 1.07 bits per heavy atom. The highest BCUT2D eigenvalue weighted by molar-refractivity contribution is 7.18. The van der Waals surface area contributed by atoms with E-state index in [0.717, 1.165) is 11.3 Å². The fourth-order valence-electron chi connectivity index (χ4n) is 2.49. The second kappa shape index (κ2) is 9.23. The molecule has 0 saturated heterocycles. The van der Waals surface area contributed by atoms with Crippen molar-refractivity contribution in [2.45, 2.75) is 13.8 Å². The minimum atomic E-state index is -0.636. The van der Waals surface area contributed by atoms with Crippen LogP contribution in [-0.2, 0) is 9.47 Å². The molecular formula is C19H21NO7S. The molecule has 1 amide bonds. The summed E-state index contributed by atoms with van der Waals surface area (Å²) in [6.07, 6.45) is 0. The van der Waals surface area contributed by atoms with Crippen LogP contribution in [0.25, 0.3) is 0 Å². The summed E-state index contributed by atoms with van der Waals surface area (Å²) in [4.78, 5) is 37.4. The van der Waals surface area contributed by atoms with Crippen molar-refractivity contribution in [2.24, 2.45) is 0 Å². The lowest BCUT2D eigenvalue weighted by Crippen LogP contribution is -2.15. The van der Waals surface area contributed by atoms with E-state index in [1.807, 2.05) is 0 Å². The lowest BCUT2D eigenvalue weighted by molar-refractivity contribution is 0.0527. The zero-order valence-corrected chi connectivity index (χ0v) is 17.0. The number of carbonyl (C=O) groups excluding carboxylic acids is 3. The van der Waals surface area contributed by atoms with E-state index >= 15 is 0 Å². The van der Waals surface area contributed by atoms with E-state index in [4.69, 9.17) is 18.9 Å². The molecule has 0 aliphatic heterocycles. The van der Waals surface area contributed by atoms with E-state index in [0.29, 0.717) is 17.1 Å². The van der Waals surface area contributed by atoms with Gasteiger partial charge in [-0.2, -0.15) is 0 Å². The van der Waals surface area contributed by atoms with Gasteiger partial charge in [-0.25, -0.2) is 9.59 Å². The second-order valence-corrected chi connectivity index (χ2v) is 6.51. The number of hydrogen-bond donors (Lipinski definition) is 1. The monoisotopic (exact) mass is 407 g/mol. The Hall–Kier alpha value is -3.07. The summed E-state index contributed by atoms with van der Waals surface area (Å²) in [6, 6.07) is 4.72. The number of amides is 1. The normalized spacial score (nSPS) is 10.2. The first-order valence-corrected chi connectivity index (χ1v) is 9.11. The van der Waals surface area contributed by atoms with Crippen LogP contribution in [0.2, 0.25) is 0 Å². The molecule has 0 atom stereocenters. The van der Waals surface area contributed by atoms with E-state index in [-0.39, 0.29) is 27.6 Å². The number of esters is 2. The van der Waals surface area contributed by atoms with Gasteiger partial charge in [0, 0.05) is 6.07 Å². The molecule has 0 aliphatic rings. The van der Waals surface area contributed by atoms with E-state index < -0.39 is 17.8 Å². The summed E-state index contributed by atoms with van der Waals surface area (Å²) in [6.45, 7) is 3.42. The van der Waals surface area contributed by atoms with E-state index in [1.54, 1.807) is 32.0 Å². The molecule has 0 aliphatic carbocycles. The van der Waals surface area contributed by atoms with Gasteiger partial charge in [0.1, 0.15) is 21.4 Å².